The second-order valence-electron chi connectivity index (χ2n) is 22.3. The topological polar surface area (TPSA) is 78.9 Å². The Morgan fingerprint density at radius 2 is 0.470 bits per heavy atom. The lowest BCUT2D eigenvalue weighted by Crippen LogP contribution is -2.30. The molecule has 0 saturated heterocycles. The molecule has 6 nitrogen and oxygen atoms in total. The molecule has 83 heavy (non-hydrogen) atoms. The van der Waals surface area contributed by atoms with Gasteiger partial charge in [0.15, 0.2) is 6.10 Å². The summed E-state index contributed by atoms with van der Waals surface area (Å²) in [4.78, 5) is 38.4. The van der Waals surface area contributed by atoms with Gasteiger partial charge in [0.2, 0.25) is 0 Å². The summed E-state index contributed by atoms with van der Waals surface area (Å²) < 4.78 is 16.9. The monoisotopic (exact) mass is 1150 g/mol. The molecule has 0 fully saturated rings. The third-order valence-corrected chi connectivity index (χ3v) is 14.3. The van der Waals surface area contributed by atoms with Gasteiger partial charge in [0, 0.05) is 19.3 Å². The number of hydrogen-bond acceptors (Lipinski definition) is 6. The molecule has 6 heteroatoms. The molecule has 0 spiro atoms. The van der Waals surface area contributed by atoms with Crippen molar-refractivity contribution in [2.24, 2.45) is 0 Å². The van der Waals surface area contributed by atoms with E-state index in [0.29, 0.717) is 19.3 Å². The highest BCUT2D eigenvalue weighted by atomic mass is 16.6. The fourth-order valence-electron chi connectivity index (χ4n) is 9.17. The van der Waals surface area contributed by atoms with E-state index in [9.17, 15) is 14.4 Å². The predicted molar refractivity (Wildman–Crippen MR) is 362 cm³/mol. The van der Waals surface area contributed by atoms with Crippen LogP contribution in [0.2, 0.25) is 0 Å². The van der Waals surface area contributed by atoms with Crippen LogP contribution in [0.5, 0.6) is 0 Å². The molecule has 0 aromatic carbocycles. The fourth-order valence-corrected chi connectivity index (χ4v) is 9.17. The fraction of sp³-hybridized carbons (Fsp3) is 0.649. The average Bonchev–Trinajstić information content (AvgIpc) is 3.49. The van der Waals surface area contributed by atoms with Crippen LogP contribution in [-0.2, 0) is 28.6 Å². The van der Waals surface area contributed by atoms with Crippen molar-refractivity contribution < 1.29 is 28.6 Å². The summed E-state index contributed by atoms with van der Waals surface area (Å²) in [6.45, 7) is 6.47. The summed E-state index contributed by atoms with van der Waals surface area (Å²) in [7, 11) is 0. The lowest BCUT2D eigenvalue weighted by molar-refractivity contribution is -0.167. The summed E-state index contributed by atoms with van der Waals surface area (Å²) in [5.41, 5.74) is 0. The number of esters is 3. The van der Waals surface area contributed by atoms with Gasteiger partial charge in [-0.15, -0.1) is 0 Å². The first-order chi connectivity index (χ1) is 41.0. The molecule has 0 amide bonds. The van der Waals surface area contributed by atoms with Gasteiger partial charge in [0.25, 0.3) is 0 Å². The molecular weight excluding hydrogens is 1020 g/mol. The Balaban J connectivity index is 4.41. The maximum atomic E-state index is 12.9. The maximum absolute atomic E-state index is 12.9. The van der Waals surface area contributed by atoms with E-state index in [1.54, 1.807) is 0 Å². The van der Waals surface area contributed by atoms with Gasteiger partial charge in [-0.3, -0.25) is 14.4 Å². The molecule has 0 aliphatic carbocycles. The number of hydrogen-bond donors (Lipinski definition) is 0. The molecule has 0 aromatic rings. The van der Waals surface area contributed by atoms with Crippen molar-refractivity contribution in [2.75, 3.05) is 13.2 Å². The van der Waals surface area contributed by atoms with Crippen molar-refractivity contribution in [1.29, 1.82) is 0 Å². The molecule has 0 aliphatic heterocycles. The standard InChI is InChI=1S/C77H126O6/c1-4-7-10-13-16-19-22-25-27-29-31-33-34-35-36-37-38-39-40-41-42-44-45-47-49-52-55-58-61-64-67-70-76(79)82-73-74(72-81-75(78)69-66-63-60-57-54-51-24-21-18-15-12-9-6-3)83-77(80)71-68-65-62-59-56-53-50-48-46-43-32-30-28-26-23-20-17-14-11-8-5-2/h7,10,16,19,21,23-27,30-33,35-36,38-39,41-42,45,47,52,55,74H,4-6,8-9,11-15,17-18,20,22,28-29,34,37,40,43-44,46,48-51,53-54,56-73H2,1-3H3/b10-7-,19-16-,24-21-,26-23-,27-25-,32-30-,33-31-,36-35-,39-38-,42-41-,47-45-,55-52-. The molecule has 1 unspecified atom stereocenters. The van der Waals surface area contributed by atoms with Crippen LogP contribution in [0.25, 0.3) is 0 Å². The van der Waals surface area contributed by atoms with E-state index < -0.39 is 6.10 Å². The van der Waals surface area contributed by atoms with Crippen LogP contribution in [0.3, 0.4) is 0 Å². The summed E-state index contributed by atoms with van der Waals surface area (Å²) in [6.07, 6.45) is 100. The summed E-state index contributed by atoms with van der Waals surface area (Å²) >= 11 is 0. The van der Waals surface area contributed by atoms with Crippen LogP contribution in [0.4, 0.5) is 0 Å². The van der Waals surface area contributed by atoms with Crippen LogP contribution >= 0.6 is 0 Å². The van der Waals surface area contributed by atoms with E-state index in [1.807, 2.05) is 0 Å². The lowest BCUT2D eigenvalue weighted by atomic mass is 10.1. The smallest absolute Gasteiger partial charge is 0.306 e. The van der Waals surface area contributed by atoms with E-state index in [2.05, 4.69) is 167 Å². The van der Waals surface area contributed by atoms with Crippen molar-refractivity contribution in [2.45, 2.75) is 309 Å². The van der Waals surface area contributed by atoms with E-state index in [0.717, 1.165) is 141 Å². The van der Waals surface area contributed by atoms with Crippen molar-refractivity contribution in [1.82, 2.24) is 0 Å². The van der Waals surface area contributed by atoms with Crippen LogP contribution in [-0.4, -0.2) is 37.2 Å². The molecule has 0 rings (SSSR count). The molecule has 0 saturated carbocycles. The first kappa shape index (κ1) is 78.3. The molecule has 0 aliphatic rings. The first-order valence-corrected chi connectivity index (χ1v) is 34.3. The number of carbonyl (C=O) groups is 3. The summed E-state index contributed by atoms with van der Waals surface area (Å²) in [5.74, 6) is -0.942. The van der Waals surface area contributed by atoms with E-state index in [4.69, 9.17) is 14.2 Å². The number of carbonyl (C=O) groups excluding carboxylic acids is 3. The molecule has 470 valence electrons. The Morgan fingerprint density at radius 1 is 0.253 bits per heavy atom. The van der Waals surface area contributed by atoms with Gasteiger partial charge in [0.1, 0.15) is 13.2 Å². The number of rotatable bonds is 61. The zero-order valence-corrected chi connectivity index (χ0v) is 53.9. The first-order valence-electron chi connectivity index (χ1n) is 34.3. The van der Waals surface area contributed by atoms with Crippen LogP contribution < -0.4 is 0 Å². The van der Waals surface area contributed by atoms with Crippen LogP contribution in [0.1, 0.15) is 303 Å². The quantitative estimate of drug-likeness (QED) is 0.0261. The van der Waals surface area contributed by atoms with Gasteiger partial charge in [-0.25, -0.2) is 0 Å². The van der Waals surface area contributed by atoms with Crippen molar-refractivity contribution in [3.63, 3.8) is 0 Å². The maximum Gasteiger partial charge on any atom is 0.306 e. The molecule has 0 N–H and O–H groups in total. The minimum Gasteiger partial charge on any atom is -0.462 e. The molecule has 0 heterocycles. The Labute approximate surface area is 512 Å². The van der Waals surface area contributed by atoms with Crippen molar-refractivity contribution in [3.8, 4) is 0 Å². The minimum absolute atomic E-state index is 0.0983. The van der Waals surface area contributed by atoms with E-state index in [-0.39, 0.29) is 31.1 Å². The molecular formula is C77H126O6. The number of ether oxygens (including phenoxy) is 3. The van der Waals surface area contributed by atoms with E-state index in [1.165, 1.54) is 122 Å². The Morgan fingerprint density at radius 3 is 0.771 bits per heavy atom. The van der Waals surface area contributed by atoms with Gasteiger partial charge in [-0.2, -0.15) is 0 Å². The number of unbranched alkanes of at least 4 members (excludes halogenated alkanes) is 26. The Hall–Kier alpha value is -4.71. The number of allylic oxidation sites excluding steroid dienone is 24. The largest absolute Gasteiger partial charge is 0.462 e. The highest BCUT2D eigenvalue weighted by Crippen LogP contribution is 2.15. The average molecular weight is 1150 g/mol. The van der Waals surface area contributed by atoms with Crippen LogP contribution in [0, 0.1) is 0 Å². The summed E-state index contributed by atoms with van der Waals surface area (Å²) in [5, 5.41) is 0. The normalized spacial score (nSPS) is 13.0. The second kappa shape index (κ2) is 69.8. The highest BCUT2D eigenvalue weighted by Gasteiger charge is 2.19. The lowest BCUT2D eigenvalue weighted by Gasteiger charge is -2.18. The van der Waals surface area contributed by atoms with Gasteiger partial charge in [-0.1, -0.05) is 282 Å². The minimum atomic E-state index is -0.805. The van der Waals surface area contributed by atoms with Crippen molar-refractivity contribution >= 4 is 17.9 Å². The van der Waals surface area contributed by atoms with Gasteiger partial charge < -0.3 is 14.2 Å². The third kappa shape index (κ3) is 68.0. The third-order valence-electron chi connectivity index (χ3n) is 14.3. The summed E-state index contributed by atoms with van der Waals surface area (Å²) in [6, 6.07) is 0. The zero-order valence-electron chi connectivity index (χ0n) is 53.9. The zero-order chi connectivity index (χ0) is 59.9. The predicted octanol–water partition coefficient (Wildman–Crippen LogP) is 23.9. The van der Waals surface area contributed by atoms with Gasteiger partial charge >= 0.3 is 17.9 Å². The highest BCUT2D eigenvalue weighted by molar-refractivity contribution is 5.71. The molecule has 0 radical (unpaired) electrons. The van der Waals surface area contributed by atoms with E-state index >= 15 is 0 Å². The Kier molecular flexibility index (Phi) is 65.8. The molecule has 0 aromatic heterocycles. The Bertz CT molecular complexity index is 1800. The molecule has 1 atom stereocenters. The molecule has 0 bridgehead atoms. The van der Waals surface area contributed by atoms with Gasteiger partial charge in [0.05, 0.1) is 0 Å². The second-order valence-corrected chi connectivity index (χ2v) is 22.3. The van der Waals surface area contributed by atoms with Crippen LogP contribution in [0.15, 0.2) is 146 Å². The van der Waals surface area contributed by atoms with Crippen molar-refractivity contribution in [3.05, 3.63) is 146 Å². The SMILES string of the molecule is CC/C=C\C/C=C\C/C=C\C/C=C\C/C=C\C/C=C\C/C=C\C/C=C\C/C=C\CCCCCC(=O)OCC(COC(=O)CCCCCCC/C=C\CCCCCC)OC(=O)CCCCCCCCCCC/C=C\C/C=C\CCCCCCC. The van der Waals surface area contributed by atoms with Gasteiger partial charge in [-0.05, 0) is 148 Å².